The van der Waals surface area contributed by atoms with Gasteiger partial charge < -0.3 is 0 Å². The summed E-state index contributed by atoms with van der Waals surface area (Å²) in [6.07, 6.45) is -1.06. The van der Waals surface area contributed by atoms with E-state index in [1.165, 1.54) is 11.8 Å². The summed E-state index contributed by atoms with van der Waals surface area (Å²) in [5.41, 5.74) is 0. The van der Waals surface area contributed by atoms with Crippen LogP contribution in [0.1, 0.15) is 20.3 Å². The minimum Gasteiger partial charge on any atom is -0.210 e. The minimum absolute atomic E-state index is 0.00958. The summed E-state index contributed by atoms with van der Waals surface area (Å²) in [5, 5.41) is 0. The molecule has 0 aromatic heterocycles. The van der Waals surface area contributed by atoms with Gasteiger partial charge in [0.25, 0.3) is 0 Å². The SMILES string of the molecule is CCC(C)CSCC(F)F. The number of hydrogen-bond acceptors (Lipinski definition) is 1. The molecule has 10 heavy (non-hydrogen) atoms. The van der Waals surface area contributed by atoms with E-state index in [9.17, 15) is 8.78 Å². The molecule has 0 aromatic rings. The van der Waals surface area contributed by atoms with E-state index in [0.717, 1.165) is 12.2 Å². The van der Waals surface area contributed by atoms with E-state index in [1.54, 1.807) is 0 Å². The third-order valence-corrected chi connectivity index (χ3v) is 2.64. The predicted molar refractivity (Wildman–Crippen MR) is 42.8 cm³/mol. The molecule has 3 heteroatoms. The Hall–Kier alpha value is 0.210. The first-order valence-electron chi connectivity index (χ1n) is 3.52. The highest BCUT2D eigenvalue weighted by Gasteiger charge is 2.03. The molecule has 0 heterocycles. The number of halogens is 2. The van der Waals surface area contributed by atoms with E-state index in [-0.39, 0.29) is 5.75 Å². The molecule has 0 spiro atoms. The Morgan fingerprint density at radius 1 is 1.30 bits per heavy atom. The second-order valence-corrected chi connectivity index (χ2v) is 3.52. The van der Waals surface area contributed by atoms with Crippen LogP contribution in [0.4, 0.5) is 8.78 Å². The van der Waals surface area contributed by atoms with Crippen molar-refractivity contribution in [3.05, 3.63) is 0 Å². The standard InChI is InChI=1S/C7H14F2S/c1-3-6(2)4-10-5-7(8)9/h6-7H,3-5H2,1-2H3. The average molecular weight is 168 g/mol. The van der Waals surface area contributed by atoms with Crippen molar-refractivity contribution in [3.8, 4) is 0 Å². The largest absolute Gasteiger partial charge is 0.247 e. The third-order valence-electron chi connectivity index (χ3n) is 1.34. The molecule has 0 bridgehead atoms. The summed E-state index contributed by atoms with van der Waals surface area (Å²) >= 11 is 1.34. The van der Waals surface area contributed by atoms with E-state index in [0.29, 0.717) is 5.92 Å². The smallest absolute Gasteiger partial charge is 0.210 e. The molecule has 0 nitrogen and oxygen atoms in total. The Bertz CT molecular complexity index is 76.0. The fourth-order valence-corrected chi connectivity index (χ4v) is 1.43. The molecular weight excluding hydrogens is 154 g/mol. The monoisotopic (exact) mass is 168 g/mol. The maximum absolute atomic E-state index is 11.6. The summed E-state index contributed by atoms with van der Waals surface area (Å²) in [5.74, 6) is 1.43. The van der Waals surface area contributed by atoms with Gasteiger partial charge in [-0.05, 0) is 11.7 Å². The Balaban J connectivity index is 3.03. The van der Waals surface area contributed by atoms with Crippen LogP contribution in [0.3, 0.4) is 0 Å². The molecule has 0 aliphatic rings. The zero-order valence-corrected chi connectivity index (χ0v) is 7.26. The first-order chi connectivity index (χ1) is 4.66. The molecule has 0 radical (unpaired) electrons. The minimum atomic E-state index is -2.14. The fourth-order valence-electron chi connectivity index (χ4n) is 0.476. The zero-order chi connectivity index (χ0) is 7.98. The first kappa shape index (κ1) is 10.2. The molecule has 0 aliphatic heterocycles. The maximum Gasteiger partial charge on any atom is 0.247 e. The van der Waals surface area contributed by atoms with E-state index >= 15 is 0 Å². The van der Waals surface area contributed by atoms with Gasteiger partial charge in [0, 0.05) is 0 Å². The topological polar surface area (TPSA) is 0 Å². The predicted octanol–water partition coefficient (Wildman–Crippen LogP) is 3.03. The van der Waals surface area contributed by atoms with Crippen molar-refractivity contribution >= 4 is 11.8 Å². The van der Waals surface area contributed by atoms with E-state index in [1.807, 2.05) is 0 Å². The lowest BCUT2D eigenvalue weighted by atomic mass is 10.2. The van der Waals surface area contributed by atoms with Crippen LogP contribution in [0, 0.1) is 5.92 Å². The van der Waals surface area contributed by atoms with Crippen LogP contribution in [-0.2, 0) is 0 Å². The fraction of sp³-hybridized carbons (Fsp3) is 1.00. The van der Waals surface area contributed by atoms with Gasteiger partial charge in [0.15, 0.2) is 0 Å². The van der Waals surface area contributed by atoms with E-state index < -0.39 is 6.43 Å². The van der Waals surface area contributed by atoms with Crippen LogP contribution < -0.4 is 0 Å². The molecule has 0 aliphatic carbocycles. The molecule has 0 N–H and O–H groups in total. The third kappa shape index (κ3) is 6.33. The second-order valence-electron chi connectivity index (χ2n) is 2.44. The highest BCUT2D eigenvalue weighted by atomic mass is 32.2. The zero-order valence-electron chi connectivity index (χ0n) is 6.44. The number of thioether (sulfide) groups is 1. The Morgan fingerprint density at radius 3 is 2.30 bits per heavy atom. The summed E-state index contributed by atoms with van der Waals surface area (Å²) in [6, 6.07) is 0. The van der Waals surface area contributed by atoms with Gasteiger partial charge in [-0.3, -0.25) is 0 Å². The summed E-state index contributed by atoms with van der Waals surface area (Å²) in [7, 11) is 0. The highest BCUT2D eigenvalue weighted by molar-refractivity contribution is 7.99. The van der Waals surface area contributed by atoms with Gasteiger partial charge in [-0.25, -0.2) is 8.78 Å². The van der Waals surface area contributed by atoms with Crippen molar-refractivity contribution in [1.82, 2.24) is 0 Å². The number of rotatable bonds is 5. The van der Waals surface area contributed by atoms with Crippen LogP contribution >= 0.6 is 11.8 Å². The Labute approximate surface area is 65.4 Å². The molecule has 1 atom stereocenters. The molecule has 0 rings (SSSR count). The van der Waals surface area contributed by atoms with Crippen molar-refractivity contribution in [1.29, 1.82) is 0 Å². The molecule has 0 saturated heterocycles. The highest BCUT2D eigenvalue weighted by Crippen LogP contribution is 2.13. The van der Waals surface area contributed by atoms with E-state index in [4.69, 9.17) is 0 Å². The average Bonchev–Trinajstić information content (AvgIpc) is 1.87. The van der Waals surface area contributed by atoms with Gasteiger partial charge in [0.1, 0.15) is 0 Å². The summed E-state index contributed by atoms with van der Waals surface area (Å²) in [6.45, 7) is 4.16. The molecular formula is C7H14F2S. The van der Waals surface area contributed by atoms with Gasteiger partial charge >= 0.3 is 0 Å². The second kappa shape index (κ2) is 5.96. The van der Waals surface area contributed by atoms with Gasteiger partial charge in [-0.2, -0.15) is 11.8 Å². The van der Waals surface area contributed by atoms with Crippen LogP contribution in [-0.4, -0.2) is 17.9 Å². The molecule has 62 valence electrons. The molecule has 0 amide bonds. The molecule has 0 aromatic carbocycles. The molecule has 0 saturated carbocycles. The summed E-state index contributed by atoms with van der Waals surface area (Å²) in [4.78, 5) is 0. The van der Waals surface area contributed by atoms with Crippen molar-refractivity contribution in [3.63, 3.8) is 0 Å². The Kier molecular flexibility index (Phi) is 6.08. The van der Waals surface area contributed by atoms with Crippen LogP contribution in [0.5, 0.6) is 0 Å². The normalized spacial score (nSPS) is 14.1. The molecule has 1 unspecified atom stereocenters. The van der Waals surface area contributed by atoms with Crippen molar-refractivity contribution < 1.29 is 8.78 Å². The maximum atomic E-state index is 11.6. The molecule has 0 fully saturated rings. The summed E-state index contributed by atoms with van der Waals surface area (Å²) < 4.78 is 23.1. The number of hydrogen-bond donors (Lipinski definition) is 0. The van der Waals surface area contributed by atoms with Gasteiger partial charge in [-0.1, -0.05) is 20.3 Å². The lowest BCUT2D eigenvalue weighted by molar-refractivity contribution is 0.177. The van der Waals surface area contributed by atoms with Crippen molar-refractivity contribution in [2.45, 2.75) is 26.7 Å². The quantitative estimate of drug-likeness (QED) is 0.608. The van der Waals surface area contributed by atoms with Crippen molar-refractivity contribution in [2.24, 2.45) is 5.92 Å². The van der Waals surface area contributed by atoms with Crippen LogP contribution in [0.15, 0.2) is 0 Å². The Morgan fingerprint density at radius 2 is 1.90 bits per heavy atom. The van der Waals surface area contributed by atoms with Gasteiger partial charge in [0.2, 0.25) is 6.43 Å². The number of alkyl halides is 2. The van der Waals surface area contributed by atoms with Gasteiger partial charge in [0.05, 0.1) is 5.75 Å². The van der Waals surface area contributed by atoms with Crippen LogP contribution in [0.25, 0.3) is 0 Å². The lowest BCUT2D eigenvalue weighted by Gasteiger charge is -2.06. The van der Waals surface area contributed by atoms with Gasteiger partial charge in [-0.15, -0.1) is 0 Å². The van der Waals surface area contributed by atoms with Crippen LogP contribution in [0.2, 0.25) is 0 Å². The van der Waals surface area contributed by atoms with Crippen molar-refractivity contribution in [2.75, 3.05) is 11.5 Å². The van der Waals surface area contributed by atoms with E-state index in [2.05, 4.69) is 13.8 Å². The first-order valence-corrected chi connectivity index (χ1v) is 4.68. The lowest BCUT2D eigenvalue weighted by Crippen LogP contribution is -2.00.